The van der Waals surface area contributed by atoms with E-state index in [1.807, 2.05) is 0 Å². The minimum absolute atomic E-state index is 0.139. The van der Waals surface area contributed by atoms with Gasteiger partial charge in [0.05, 0.1) is 17.8 Å². The van der Waals surface area contributed by atoms with Gasteiger partial charge in [-0.2, -0.15) is 5.21 Å². The largest absolute Gasteiger partial charge is 0.342 e. The lowest BCUT2D eigenvalue weighted by molar-refractivity contribution is 0.0937. The smallest absolute Gasteiger partial charge is 0.253 e. The van der Waals surface area contributed by atoms with Gasteiger partial charge in [-0.3, -0.25) is 9.78 Å². The molecule has 7 nitrogen and oxygen atoms in total. The molecule has 2 heterocycles. The second-order valence-electron chi connectivity index (χ2n) is 3.36. The zero-order chi connectivity index (χ0) is 12.3. The summed E-state index contributed by atoms with van der Waals surface area (Å²) in [4.78, 5) is 15.3. The number of aromatic nitrogens is 5. The number of amides is 1. The average Bonchev–Trinajstić information content (AvgIpc) is 2.82. The predicted octanol–water partition coefficient (Wildman–Crippen LogP) is 0.225. The molecule has 0 bridgehead atoms. The zero-order valence-electron chi connectivity index (χ0n) is 8.88. The lowest BCUT2D eigenvalue weighted by Crippen LogP contribution is -2.27. The number of halogens is 1. The normalized spacial score (nSPS) is 12.1. The molecule has 0 fully saturated rings. The number of nitrogens with zero attached hydrogens (tertiary/aromatic N) is 4. The topological polar surface area (TPSA) is 96.5 Å². The average molecular weight is 236 g/mol. The maximum absolute atomic E-state index is 12.9. The van der Waals surface area contributed by atoms with Crippen LogP contribution in [0, 0.1) is 5.82 Å². The summed E-state index contributed by atoms with van der Waals surface area (Å²) >= 11 is 0. The Hall–Kier alpha value is -2.38. The number of rotatable bonds is 3. The first-order valence-corrected chi connectivity index (χ1v) is 4.81. The molecule has 0 aliphatic rings. The van der Waals surface area contributed by atoms with Crippen LogP contribution in [0.4, 0.5) is 4.39 Å². The van der Waals surface area contributed by atoms with Crippen LogP contribution in [-0.4, -0.2) is 31.5 Å². The van der Waals surface area contributed by atoms with Gasteiger partial charge in [0.1, 0.15) is 5.82 Å². The molecule has 2 rings (SSSR count). The monoisotopic (exact) mass is 236 g/mol. The van der Waals surface area contributed by atoms with Gasteiger partial charge in [-0.1, -0.05) is 5.21 Å². The molecule has 8 heteroatoms. The summed E-state index contributed by atoms with van der Waals surface area (Å²) < 4.78 is 12.9. The minimum atomic E-state index is -0.565. The Bertz CT molecular complexity index is 514. The third-order valence-electron chi connectivity index (χ3n) is 2.06. The van der Waals surface area contributed by atoms with Gasteiger partial charge in [0, 0.05) is 6.20 Å². The van der Waals surface area contributed by atoms with Crippen molar-refractivity contribution in [3.63, 3.8) is 0 Å². The van der Waals surface area contributed by atoms with Gasteiger partial charge in [-0.25, -0.2) is 4.39 Å². The van der Waals surface area contributed by atoms with Gasteiger partial charge in [-0.15, -0.1) is 10.2 Å². The standard InChI is InChI=1S/C9H9FN6O/c1-5(8-13-15-16-14-8)12-9(17)6-2-7(10)4-11-3-6/h2-5H,1H3,(H,12,17)(H,13,14,15,16). The summed E-state index contributed by atoms with van der Waals surface area (Å²) in [7, 11) is 0. The highest BCUT2D eigenvalue weighted by molar-refractivity contribution is 5.94. The molecule has 1 atom stereocenters. The zero-order valence-corrected chi connectivity index (χ0v) is 8.88. The van der Waals surface area contributed by atoms with Crippen molar-refractivity contribution in [3.05, 3.63) is 35.7 Å². The highest BCUT2D eigenvalue weighted by Gasteiger charge is 2.15. The summed E-state index contributed by atoms with van der Waals surface area (Å²) in [6.45, 7) is 1.69. The van der Waals surface area contributed by atoms with Crippen LogP contribution in [0.25, 0.3) is 0 Å². The van der Waals surface area contributed by atoms with E-state index in [4.69, 9.17) is 0 Å². The highest BCUT2D eigenvalue weighted by Crippen LogP contribution is 2.06. The van der Waals surface area contributed by atoms with Crippen molar-refractivity contribution in [1.29, 1.82) is 0 Å². The van der Waals surface area contributed by atoms with Gasteiger partial charge in [0.15, 0.2) is 5.82 Å². The molecule has 0 spiro atoms. The van der Waals surface area contributed by atoms with E-state index in [1.54, 1.807) is 6.92 Å². The van der Waals surface area contributed by atoms with E-state index < -0.39 is 17.8 Å². The molecule has 0 saturated carbocycles. The minimum Gasteiger partial charge on any atom is -0.342 e. The van der Waals surface area contributed by atoms with Crippen LogP contribution in [0.5, 0.6) is 0 Å². The van der Waals surface area contributed by atoms with Crippen molar-refractivity contribution in [2.75, 3.05) is 0 Å². The summed E-state index contributed by atoms with van der Waals surface area (Å²) in [5.74, 6) is -0.665. The molecule has 88 valence electrons. The fourth-order valence-electron chi connectivity index (χ4n) is 1.23. The summed E-state index contributed by atoms with van der Waals surface area (Å²) in [5.41, 5.74) is 0.139. The first-order chi connectivity index (χ1) is 8.16. The second kappa shape index (κ2) is 4.64. The van der Waals surface area contributed by atoms with E-state index in [0.29, 0.717) is 5.82 Å². The van der Waals surface area contributed by atoms with Crippen molar-refractivity contribution in [2.45, 2.75) is 13.0 Å². The number of hydrogen-bond donors (Lipinski definition) is 2. The highest BCUT2D eigenvalue weighted by atomic mass is 19.1. The van der Waals surface area contributed by atoms with E-state index in [1.165, 1.54) is 6.20 Å². The lowest BCUT2D eigenvalue weighted by Gasteiger charge is -2.09. The number of hydrogen-bond acceptors (Lipinski definition) is 5. The first kappa shape index (κ1) is 11.1. The molecule has 0 aromatic carbocycles. The maximum atomic E-state index is 12.9. The van der Waals surface area contributed by atoms with Gasteiger partial charge in [0.25, 0.3) is 5.91 Å². The van der Waals surface area contributed by atoms with Crippen molar-refractivity contribution < 1.29 is 9.18 Å². The Morgan fingerprint density at radius 3 is 3.00 bits per heavy atom. The van der Waals surface area contributed by atoms with Crippen LogP contribution < -0.4 is 5.32 Å². The van der Waals surface area contributed by atoms with Crippen LogP contribution in [0.1, 0.15) is 29.1 Å². The molecule has 2 aromatic rings. The second-order valence-corrected chi connectivity index (χ2v) is 3.36. The number of aromatic amines is 1. The number of nitrogens with one attached hydrogen (secondary N) is 2. The molecule has 1 amide bonds. The van der Waals surface area contributed by atoms with E-state index in [0.717, 1.165) is 12.3 Å². The maximum Gasteiger partial charge on any atom is 0.253 e. The molecule has 0 aliphatic carbocycles. The number of pyridine rings is 1. The van der Waals surface area contributed by atoms with Gasteiger partial charge in [0.2, 0.25) is 0 Å². The first-order valence-electron chi connectivity index (χ1n) is 4.81. The van der Waals surface area contributed by atoms with Gasteiger partial charge in [-0.05, 0) is 13.0 Å². The Morgan fingerprint density at radius 1 is 1.53 bits per heavy atom. The van der Waals surface area contributed by atoms with E-state index >= 15 is 0 Å². The third-order valence-corrected chi connectivity index (χ3v) is 2.06. The molecule has 0 aliphatic heterocycles. The summed E-state index contributed by atoms with van der Waals surface area (Å²) in [6, 6.07) is 0.676. The molecule has 0 radical (unpaired) electrons. The van der Waals surface area contributed by atoms with E-state index in [2.05, 4.69) is 30.9 Å². The van der Waals surface area contributed by atoms with Crippen LogP contribution in [0.2, 0.25) is 0 Å². The van der Waals surface area contributed by atoms with E-state index in [9.17, 15) is 9.18 Å². The molecule has 1 unspecified atom stereocenters. The quantitative estimate of drug-likeness (QED) is 0.794. The van der Waals surface area contributed by atoms with E-state index in [-0.39, 0.29) is 5.56 Å². The third kappa shape index (κ3) is 2.60. The molecule has 2 N–H and O–H groups in total. The Labute approximate surface area is 95.5 Å². The number of carbonyl (C=O) groups is 1. The summed E-state index contributed by atoms with van der Waals surface area (Å²) in [6.07, 6.45) is 2.31. The SMILES string of the molecule is CC(NC(=O)c1cncc(F)c1)c1nn[nH]n1. The predicted molar refractivity (Wildman–Crippen MR) is 54.3 cm³/mol. The summed E-state index contributed by atoms with van der Waals surface area (Å²) in [5, 5.41) is 15.7. The fourth-order valence-corrected chi connectivity index (χ4v) is 1.23. The van der Waals surface area contributed by atoms with Crippen LogP contribution in [-0.2, 0) is 0 Å². The van der Waals surface area contributed by atoms with Crippen molar-refractivity contribution in [3.8, 4) is 0 Å². The van der Waals surface area contributed by atoms with Crippen LogP contribution in [0.15, 0.2) is 18.5 Å². The van der Waals surface area contributed by atoms with Crippen molar-refractivity contribution in [1.82, 2.24) is 30.9 Å². The lowest BCUT2D eigenvalue weighted by atomic mass is 10.2. The molecular weight excluding hydrogens is 227 g/mol. The Kier molecular flexibility index (Phi) is 3.03. The Morgan fingerprint density at radius 2 is 2.35 bits per heavy atom. The number of H-pyrrole nitrogens is 1. The van der Waals surface area contributed by atoms with Crippen molar-refractivity contribution in [2.24, 2.45) is 0 Å². The molecule has 2 aromatic heterocycles. The van der Waals surface area contributed by atoms with Gasteiger partial charge < -0.3 is 5.32 Å². The molecule has 0 saturated heterocycles. The van der Waals surface area contributed by atoms with Crippen LogP contribution >= 0.6 is 0 Å². The number of tetrazole rings is 1. The van der Waals surface area contributed by atoms with Gasteiger partial charge >= 0.3 is 0 Å². The fraction of sp³-hybridized carbons (Fsp3) is 0.222. The Balaban J connectivity index is 2.07. The van der Waals surface area contributed by atoms with Crippen LogP contribution in [0.3, 0.4) is 0 Å². The van der Waals surface area contributed by atoms with Crippen molar-refractivity contribution >= 4 is 5.91 Å². The molecule has 17 heavy (non-hydrogen) atoms. The number of carbonyl (C=O) groups excluding carboxylic acids is 1. The molecular formula is C9H9FN6O.